The molecular weight excluding hydrogens is 470 g/mol. The van der Waals surface area contributed by atoms with E-state index >= 15 is 0 Å². The number of nitrogens with one attached hydrogen (secondary N) is 1. The van der Waals surface area contributed by atoms with E-state index in [1.807, 2.05) is 60.8 Å². The van der Waals surface area contributed by atoms with Gasteiger partial charge >= 0.3 is 0 Å². The number of carbonyl (C=O) groups excluding carboxylic acids is 1. The van der Waals surface area contributed by atoms with E-state index in [1.54, 1.807) is 18.8 Å². The van der Waals surface area contributed by atoms with Crippen LogP contribution in [0.1, 0.15) is 11.1 Å². The van der Waals surface area contributed by atoms with E-state index < -0.39 is 0 Å². The quantitative estimate of drug-likeness (QED) is 0.277. The summed E-state index contributed by atoms with van der Waals surface area (Å²) in [5.74, 6) is 1.36. The van der Waals surface area contributed by atoms with Crippen molar-refractivity contribution >= 4 is 39.2 Å². The summed E-state index contributed by atoms with van der Waals surface area (Å²) < 4.78 is 12.8. The molecule has 0 aliphatic heterocycles. The number of aromatic nitrogens is 2. The van der Waals surface area contributed by atoms with Crippen LogP contribution in [0.15, 0.2) is 63.9 Å². The van der Waals surface area contributed by atoms with Crippen LogP contribution in [0.2, 0.25) is 0 Å². The third-order valence-corrected chi connectivity index (χ3v) is 7.15. The van der Waals surface area contributed by atoms with Gasteiger partial charge in [0.15, 0.2) is 16.7 Å². The maximum Gasteiger partial charge on any atom is 0.276 e. The molecule has 0 fully saturated rings. The first-order valence-electron chi connectivity index (χ1n) is 10.7. The molecule has 176 valence electrons. The van der Waals surface area contributed by atoms with Crippen LogP contribution in [0.5, 0.6) is 11.5 Å². The SMILES string of the molecule is COc1ccc(CCNC(=O)CSc2nc3ccsc3c(=O)n2-c2ccccc2C)cc1OC. The summed E-state index contributed by atoms with van der Waals surface area (Å²) in [5.41, 5.74) is 3.29. The number of carbonyl (C=O) groups is 1. The lowest BCUT2D eigenvalue weighted by molar-refractivity contribution is -0.118. The summed E-state index contributed by atoms with van der Waals surface area (Å²) in [6.45, 7) is 2.44. The largest absolute Gasteiger partial charge is 0.493 e. The van der Waals surface area contributed by atoms with Crippen LogP contribution in [-0.2, 0) is 11.2 Å². The highest BCUT2D eigenvalue weighted by Crippen LogP contribution is 2.28. The summed E-state index contributed by atoms with van der Waals surface area (Å²) >= 11 is 2.63. The van der Waals surface area contributed by atoms with Crippen molar-refractivity contribution < 1.29 is 14.3 Å². The first-order valence-corrected chi connectivity index (χ1v) is 12.5. The highest BCUT2D eigenvalue weighted by atomic mass is 32.2. The molecule has 0 radical (unpaired) electrons. The first-order chi connectivity index (χ1) is 16.5. The number of nitrogens with zero attached hydrogens (tertiary/aromatic N) is 2. The van der Waals surface area contributed by atoms with Gasteiger partial charge in [-0.15, -0.1) is 11.3 Å². The highest BCUT2D eigenvalue weighted by molar-refractivity contribution is 7.99. The van der Waals surface area contributed by atoms with E-state index in [0.29, 0.717) is 39.8 Å². The second-order valence-electron chi connectivity index (χ2n) is 7.53. The fourth-order valence-electron chi connectivity index (χ4n) is 3.58. The average molecular weight is 496 g/mol. The van der Waals surface area contributed by atoms with Crippen LogP contribution in [0.25, 0.3) is 15.9 Å². The number of rotatable bonds is 9. The molecule has 9 heteroatoms. The second kappa shape index (κ2) is 10.8. The van der Waals surface area contributed by atoms with E-state index in [9.17, 15) is 9.59 Å². The molecule has 0 spiro atoms. The van der Waals surface area contributed by atoms with Gasteiger partial charge in [0.05, 0.1) is 31.2 Å². The number of amides is 1. The molecule has 34 heavy (non-hydrogen) atoms. The van der Waals surface area contributed by atoms with Crippen LogP contribution >= 0.6 is 23.1 Å². The topological polar surface area (TPSA) is 82.5 Å². The minimum atomic E-state index is -0.124. The van der Waals surface area contributed by atoms with E-state index in [1.165, 1.54) is 23.1 Å². The lowest BCUT2D eigenvalue weighted by atomic mass is 10.1. The van der Waals surface area contributed by atoms with Crippen molar-refractivity contribution in [3.05, 3.63) is 75.4 Å². The number of hydrogen-bond acceptors (Lipinski definition) is 7. The molecule has 4 aromatic rings. The first kappa shape index (κ1) is 23.8. The highest BCUT2D eigenvalue weighted by Gasteiger charge is 2.16. The van der Waals surface area contributed by atoms with Gasteiger partial charge in [0.1, 0.15) is 4.70 Å². The van der Waals surface area contributed by atoms with Crippen LogP contribution < -0.4 is 20.3 Å². The molecule has 2 aromatic carbocycles. The predicted molar refractivity (Wildman–Crippen MR) is 137 cm³/mol. The van der Waals surface area contributed by atoms with Gasteiger partial charge in [-0.05, 0) is 54.1 Å². The molecule has 1 N–H and O–H groups in total. The van der Waals surface area contributed by atoms with Crippen molar-refractivity contribution in [2.24, 2.45) is 0 Å². The van der Waals surface area contributed by atoms with E-state index in [0.717, 1.165) is 16.8 Å². The molecule has 7 nitrogen and oxygen atoms in total. The van der Waals surface area contributed by atoms with Crippen molar-refractivity contribution in [3.63, 3.8) is 0 Å². The van der Waals surface area contributed by atoms with Crippen LogP contribution in [0.3, 0.4) is 0 Å². The van der Waals surface area contributed by atoms with Crippen LogP contribution in [0, 0.1) is 6.92 Å². The molecule has 0 bridgehead atoms. The fraction of sp³-hybridized carbons (Fsp3) is 0.240. The summed E-state index contributed by atoms with van der Waals surface area (Å²) in [6.07, 6.45) is 0.657. The van der Waals surface area contributed by atoms with Crippen molar-refractivity contribution in [1.82, 2.24) is 14.9 Å². The van der Waals surface area contributed by atoms with Crippen molar-refractivity contribution in [1.29, 1.82) is 0 Å². The molecule has 2 aromatic heterocycles. The number of thioether (sulfide) groups is 1. The summed E-state index contributed by atoms with van der Waals surface area (Å²) in [4.78, 5) is 30.5. The van der Waals surface area contributed by atoms with Crippen molar-refractivity contribution in [2.75, 3.05) is 26.5 Å². The number of thiophene rings is 1. The summed E-state index contributed by atoms with van der Waals surface area (Å²) in [6, 6.07) is 15.2. The second-order valence-corrected chi connectivity index (χ2v) is 9.39. The molecule has 0 atom stereocenters. The number of hydrogen-bond donors (Lipinski definition) is 1. The Bertz CT molecular complexity index is 1380. The van der Waals surface area contributed by atoms with E-state index in [-0.39, 0.29) is 17.2 Å². The van der Waals surface area contributed by atoms with Gasteiger partial charge in [0.25, 0.3) is 5.56 Å². The molecule has 0 saturated carbocycles. The molecule has 1 amide bonds. The third-order valence-electron chi connectivity index (χ3n) is 5.32. The maximum absolute atomic E-state index is 13.2. The van der Waals surface area contributed by atoms with Crippen LogP contribution in [-0.4, -0.2) is 42.0 Å². The minimum Gasteiger partial charge on any atom is -0.493 e. The number of aryl methyl sites for hydroxylation is 1. The molecule has 4 rings (SSSR count). The number of fused-ring (bicyclic) bond motifs is 1. The zero-order valence-electron chi connectivity index (χ0n) is 19.2. The summed E-state index contributed by atoms with van der Waals surface area (Å²) in [7, 11) is 3.19. The number of para-hydroxylation sites is 1. The number of benzene rings is 2. The monoisotopic (exact) mass is 495 g/mol. The lowest BCUT2D eigenvalue weighted by Gasteiger charge is -2.14. The summed E-state index contributed by atoms with van der Waals surface area (Å²) in [5, 5.41) is 5.30. The van der Waals surface area contributed by atoms with Gasteiger partial charge in [-0.2, -0.15) is 0 Å². The normalized spacial score (nSPS) is 10.9. The zero-order chi connectivity index (χ0) is 24.1. The van der Waals surface area contributed by atoms with Gasteiger partial charge < -0.3 is 14.8 Å². The number of methoxy groups -OCH3 is 2. The van der Waals surface area contributed by atoms with Gasteiger partial charge in [-0.1, -0.05) is 36.0 Å². The molecule has 0 unspecified atom stereocenters. The van der Waals surface area contributed by atoms with Crippen LogP contribution in [0.4, 0.5) is 0 Å². The van der Waals surface area contributed by atoms with Gasteiger partial charge in [-0.3, -0.25) is 14.2 Å². The van der Waals surface area contributed by atoms with Crippen molar-refractivity contribution in [2.45, 2.75) is 18.5 Å². The Morgan fingerprint density at radius 2 is 1.91 bits per heavy atom. The average Bonchev–Trinajstić information content (AvgIpc) is 3.32. The Balaban J connectivity index is 1.45. The Hall–Kier alpha value is -3.30. The number of ether oxygens (including phenoxy) is 2. The fourth-order valence-corrected chi connectivity index (χ4v) is 5.17. The molecule has 0 saturated heterocycles. The smallest absolute Gasteiger partial charge is 0.276 e. The Labute approximate surface area is 205 Å². The minimum absolute atomic E-state index is 0.120. The standard InChI is InChI=1S/C25H25N3O4S2/c1-16-6-4-5-7-19(16)28-24(30)23-18(11-13-33-23)27-25(28)34-15-22(29)26-12-10-17-8-9-20(31-2)21(14-17)32-3/h4-9,11,13-14H,10,12,15H2,1-3H3,(H,26,29). The van der Waals surface area contributed by atoms with Gasteiger partial charge in [0.2, 0.25) is 5.91 Å². The van der Waals surface area contributed by atoms with E-state index in [4.69, 9.17) is 9.47 Å². The van der Waals surface area contributed by atoms with Gasteiger partial charge in [-0.25, -0.2) is 4.98 Å². The molecule has 0 aliphatic rings. The molecular formula is C25H25N3O4S2. The predicted octanol–water partition coefficient (Wildman–Crippen LogP) is 4.22. The maximum atomic E-state index is 13.2. The zero-order valence-corrected chi connectivity index (χ0v) is 20.8. The van der Waals surface area contributed by atoms with E-state index in [2.05, 4.69) is 10.3 Å². The third kappa shape index (κ3) is 5.10. The Morgan fingerprint density at radius 3 is 2.68 bits per heavy atom. The Morgan fingerprint density at radius 1 is 1.12 bits per heavy atom. The van der Waals surface area contributed by atoms with Gasteiger partial charge in [0, 0.05) is 6.54 Å². The Kier molecular flexibility index (Phi) is 7.54. The van der Waals surface area contributed by atoms with Crippen molar-refractivity contribution in [3.8, 4) is 17.2 Å². The lowest BCUT2D eigenvalue weighted by Crippen LogP contribution is -2.28. The molecule has 2 heterocycles. The molecule has 0 aliphatic carbocycles.